The van der Waals surface area contributed by atoms with Crippen molar-refractivity contribution in [2.45, 2.75) is 19.4 Å². The van der Waals surface area contributed by atoms with Gasteiger partial charge in [0.2, 0.25) is 5.91 Å². The van der Waals surface area contributed by atoms with Gasteiger partial charge in [0.15, 0.2) is 0 Å². The van der Waals surface area contributed by atoms with Crippen molar-refractivity contribution >= 4 is 29.3 Å². The van der Waals surface area contributed by atoms with E-state index in [1.807, 2.05) is 6.26 Å². The first kappa shape index (κ1) is 18.3. The van der Waals surface area contributed by atoms with Crippen LogP contribution in [0.3, 0.4) is 0 Å². The monoisotopic (exact) mass is 300 g/mol. The lowest BCUT2D eigenvalue weighted by Crippen LogP contribution is -2.30. The third-order valence-electron chi connectivity index (χ3n) is 2.14. The van der Waals surface area contributed by atoms with Crippen molar-refractivity contribution in [3.8, 4) is 5.75 Å². The largest absolute Gasteiger partial charge is 0.508 e. The van der Waals surface area contributed by atoms with Gasteiger partial charge >= 0.3 is 5.97 Å². The van der Waals surface area contributed by atoms with Crippen molar-refractivity contribution in [2.24, 2.45) is 5.73 Å². The number of carbonyl (C=O) groups excluding carboxylic acids is 1. The van der Waals surface area contributed by atoms with Crippen LogP contribution < -0.4 is 11.1 Å². The Bertz CT molecular complexity index is 423. The summed E-state index contributed by atoms with van der Waals surface area (Å²) >= 11 is 1.60. The van der Waals surface area contributed by atoms with Gasteiger partial charge in [0.05, 0.1) is 0 Å². The average Bonchev–Trinajstić information content (AvgIpc) is 2.38. The number of phenols is 1. The molecule has 0 radical (unpaired) electrons. The molecule has 20 heavy (non-hydrogen) atoms. The molecule has 1 aromatic rings. The predicted octanol–water partition coefficient (Wildman–Crippen LogP) is 1.50. The second kappa shape index (κ2) is 10.1. The van der Waals surface area contributed by atoms with Gasteiger partial charge in [0, 0.05) is 12.6 Å². The fourth-order valence-electron chi connectivity index (χ4n) is 1.12. The molecule has 1 aromatic carbocycles. The maximum absolute atomic E-state index is 10.5. The molecule has 0 saturated heterocycles. The third kappa shape index (κ3) is 9.23. The van der Waals surface area contributed by atoms with Crippen LogP contribution >= 0.6 is 11.8 Å². The summed E-state index contributed by atoms with van der Waals surface area (Å²) in [4.78, 5) is 20.6. The standard InChI is InChI=1S/C8H9NO2.C5H11NO2S/c1-6(10)9-7-2-4-8(11)5-3-7;1-9-3-2-4(6)5(7)8/h2-5,11H,1H3,(H,9,10);4H,2-3,6H2,1H3,(H,7,8). The van der Waals surface area contributed by atoms with Gasteiger partial charge in [-0.15, -0.1) is 0 Å². The van der Waals surface area contributed by atoms with E-state index >= 15 is 0 Å². The van der Waals surface area contributed by atoms with Crippen LogP contribution in [0.15, 0.2) is 24.3 Å². The number of thioether (sulfide) groups is 1. The van der Waals surface area contributed by atoms with Crippen molar-refractivity contribution in [3.05, 3.63) is 24.3 Å². The summed E-state index contributed by atoms with van der Waals surface area (Å²) in [6, 6.07) is 5.63. The van der Waals surface area contributed by atoms with Gasteiger partial charge in [-0.05, 0) is 42.7 Å². The van der Waals surface area contributed by atoms with Crippen molar-refractivity contribution in [3.63, 3.8) is 0 Å². The first-order chi connectivity index (χ1) is 9.36. The highest BCUT2D eigenvalue weighted by Crippen LogP contribution is 2.13. The fourth-order valence-corrected chi connectivity index (χ4v) is 1.61. The van der Waals surface area contributed by atoms with Gasteiger partial charge in [-0.2, -0.15) is 11.8 Å². The summed E-state index contributed by atoms with van der Waals surface area (Å²) in [7, 11) is 0. The second-order valence-corrected chi connectivity index (χ2v) is 4.94. The Kier molecular flexibility index (Phi) is 9.23. The minimum absolute atomic E-state index is 0.115. The molecular formula is C13H20N2O4S. The molecule has 0 bridgehead atoms. The number of aromatic hydroxyl groups is 1. The number of aliphatic carboxylic acids is 1. The average molecular weight is 300 g/mol. The Balaban J connectivity index is 0.000000370. The number of carboxylic acids is 1. The SMILES string of the molecule is CC(=O)Nc1ccc(O)cc1.CSCCC(N)C(=O)O. The maximum Gasteiger partial charge on any atom is 0.320 e. The van der Waals surface area contributed by atoms with Crippen LogP contribution in [0.4, 0.5) is 5.69 Å². The number of rotatable bonds is 5. The van der Waals surface area contributed by atoms with E-state index in [0.29, 0.717) is 12.1 Å². The highest BCUT2D eigenvalue weighted by Gasteiger charge is 2.08. The molecule has 0 aromatic heterocycles. The van der Waals surface area contributed by atoms with E-state index in [1.165, 1.54) is 19.1 Å². The molecule has 1 rings (SSSR count). The minimum atomic E-state index is -0.913. The summed E-state index contributed by atoms with van der Waals surface area (Å²) in [5.74, 6) is -0.0214. The molecule has 6 nitrogen and oxygen atoms in total. The molecule has 0 aliphatic rings. The minimum Gasteiger partial charge on any atom is -0.508 e. The van der Waals surface area contributed by atoms with Gasteiger partial charge in [-0.1, -0.05) is 0 Å². The fraction of sp³-hybridized carbons (Fsp3) is 0.385. The molecule has 1 amide bonds. The second-order valence-electron chi connectivity index (χ2n) is 3.95. The van der Waals surface area contributed by atoms with E-state index in [-0.39, 0.29) is 11.7 Å². The highest BCUT2D eigenvalue weighted by molar-refractivity contribution is 7.98. The summed E-state index contributed by atoms with van der Waals surface area (Å²) in [6.07, 6.45) is 2.48. The first-order valence-electron chi connectivity index (χ1n) is 5.90. The van der Waals surface area contributed by atoms with Gasteiger partial charge in [0.1, 0.15) is 11.8 Å². The van der Waals surface area contributed by atoms with Crippen LogP contribution in [0.5, 0.6) is 5.75 Å². The molecule has 0 spiro atoms. The number of carboxylic acid groups (broad SMARTS) is 1. The third-order valence-corrected chi connectivity index (χ3v) is 2.78. The number of hydrogen-bond acceptors (Lipinski definition) is 5. The number of hydrogen-bond donors (Lipinski definition) is 4. The van der Waals surface area contributed by atoms with E-state index < -0.39 is 12.0 Å². The molecule has 0 aliphatic heterocycles. The van der Waals surface area contributed by atoms with Crippen molar-refractivity contribution in [1.82, 2.24) is 0 Å². The lowest BCUT2D eigenvalue weighted by atomic mass is 10.2. The molecule has 1 unspecified atom stereocenters. The smallest absolute Gasteiger partial charge is 0.320 e. The zero-order chi connectivity index (χ0) is 15.5. The number of phenolic OH excluding ortho intramolecular Hbond substituents is 1. The molecule has 0 saturated carbocycles. The lowest BCUT2D eigenvalue weighted by molar-refractivity contribution is -0.138. The number of nitrogens with two attached hydrogens (primary N) is 1. The molecule has 1 atom stereocenters. The lowest BCUT2D eigenvalue weighted by Gasteiger charge is -2.02. The Morgan fingerprint density at radius 1 is 1.35 bits per heavy atom. The normalized spacial score (nSPS) is 10.9. The maximum atomic E-state index is 10.5. The van der Waals surface area contributed by atoms with E-state index in [4.69, 9.17) is 15.9 Å². The van der Waals surface area contributed by atoms with Crippen LogP contribution in [0.1, 0.15) is 13.3 Å². The molecule has 7 heteroatoms. The van der Waals surface area contributed by atoms with E-state index in [2.05, 4.69) is 5.32 Å². The zero-order valence-electron chi connectivity index (χ0n) is 11.5. The summed E-state index contributed by atoms with van der Waals surface area (Å²) in [5, 5.41) is 19.7. The van der Waals surface area contributed by atoms with Crippen LogP contribution in [-0.2, 0) is 9.59 Å². The summed E-state index contributed by atoms with van der Waals surface area (Å²) < 4.78 is 0. The molecule has 0 fully saturated rings. The molecular weight excluding hydrogens is 280 g/mol. The van der Waals surface area contributed by atoms with Crippen LogP contribution in [0.25, 0.3) is 0 Å². The van der Waals surface area contributed by atoms with Gasteiger partial charge in [0.25, 0.3) is 0 Å². The van der Waals surface area contributed by atoms with Crippen LogP contribution in [-0.4, -0.2) is 40.1 Å². The Hall–Kier alpha value is -1.73. The molecule has 0 aliphatic carbocycles. The number of amides is 1. The van der Waals surface area contributed by atoms with E-state index in [9.17, 15) is 9.59 Å². The number of nitrogens with one attached hydrogen (secondary N) is 1. The Labute approximate surface area is 122 Å². The van der Waals surface area contributed by atoms with Crippen LogP contribution in [0.2, 0.25) is 0 Å². The van der Waals surface area contributed by atoms with Gasteiger partial charge in [-0.25, -0.2) is 0 Å². The van der Waals surface area contributed by atoms with Crippen molar-refractivity contribution in [2.75, 3.05) is 17.3 Å². The van der Waals surface area contributed by atoms with Crippen molar-refractivity contribution in [1.29, 1.82) is 0 Å². The summed E-state index contributed by atoms with van der Waals surface area (Å²) in [5.41, 5.74) is 5.88. The van der Waals surface area contributed by atoms with Crippen LogP contribution in [0, 0.1) is 0 Å². The number of benzene rings is 1. The Morgan fingerprint density at radius 3 is 2.30 bits per heavy atom. The molecule has 112 valence electrons. The predicted molar refractivity (Wildman–Crippen MR) is 81.0 cm³/mol. The van der Waals surface area contributed by atoms with Gasteiger partial charge < -0.3 is 21.3 Å². The quantitative estimate of drug-likeness (QED) is 0.613. The number of anilines is 1. The Morgan fingerprint density at radius 2 is 1.90 bits per heavy atom. The summed E-state index contributed by atoms with van der Waals surface area (Å²) in [6.45, 7) is 1.44. The van der Waals surface area contributed by atoms with E-state index in [1.54, 1.807) is 23.9 Å². The molecule has 5 N–H and O–H groups in total. The van der Waals surface area contributed by atoms with Gasteiger partial charge in [-0.3, -0.25) is 9.59 Å². The first-order valence-corrected chi connectivity index (χ1v) is 7.30. The molecule has 0 heterocycles. The highest BCUT2D eigenvalue weighted by atomic mass is 32.2. The van der Waals surface area contributed by atoms with E-state index in [0.717, 1.165) is 5.75 Å². The topological polar surface area (TPSA) is 113 Å². The number of carbonyl (C=O) groups is 2. The zero-order valence-corrected chi connectivity index (χ0v) is 12.3. The van der Waals surface area contributed by atoms with Crippen molar-refractivity contribution < 1.29 is 19.8 Å².